The molecule has 3 nitrogen and oxygen atoms in total. The molecule has 16 heavy (non-hydrogen) atoms. The molecular weight excluding hydrogens is 200 g/mol. The SMILES string of the molecule is CC1CCNC1C(=O)N1CCCC(C)C1C. The molecule has 2 rings (SSSR count). The van der Waals surface area contributed by atoms with Crippen LogP contribution < -0.4 is 5.32 Å². The van der Waals surface area contributed by atoms with E-state index >= 15 is 0 Å². The van der Waals surface area contributed by atoms with E-state index in [9.17, 15) is 4.79 Å². The minimum Gasteiger partial charge on any atom is -0.338 e. The standard InChI is InChI=1S/C13H24N2O/c1-9-5-4-8-15(11(9)3)13(16)12-10(2)6-7-14-12/h9-12,14H,4-8H2,1-3H3. The average molecular weight is 224 g/mol. The van der Waals surface area contributed by atoms with E-state index in [1.54, 1.807) is 0 Å². The maximum atomic E-state index is 12.4. The number of nitrogens with one attached hydrogen (secondary N) is 1. The summed E-state index contributed by atoms with van der Waals surface area (Å²) in [5.74, 6) is 1.48. The summed E-state index contributed by atoms with van der Waals surface area (Å²) in [6.07, 6.45) is 3.56. The fourth-order valence-electron chi connectivity index (χ4n) is 2.99. The van der Waals surface area contributed by atoms with Crippen molar-refractivity contribution in [3.8, 4) is 0 Å². The Morgan fingerprint density at radius 3 is 2.56 bits per heavy atom. The molecule has 0 aromatic carbocycles. The Kier molecular flexibility index (Phi) is 3.53. The van der Waals surface area contributed by atoms with E-state index in [-0.39, 0.29) is 6.04 Å². The lowest BCUT2D eigenvalue weighted by Crippen LogP contribution is -2.53. The molecule has 0 aliphatic carbocycles. The van der Waals surface area contributed by atoms with Gasteiger partial charge in [-0.25, -0.2) is 0 Å². The topological polar surface area (TPSA) is 32.3 Å². The number of rotatable bonds is 1. The van der Waals surface area contributed by atoms with E-state index in [0.717, 1.165) is 19.5 Å². The van der Waals surface area contributed by atoms with Crippen LogP contribution >= 0.6 is 0 Å². The van der Waals surface area contributed by atoms with Gasteiger partial charge in [0, 0.05) is 12.6 Å². The fourth-order valence-corrected chi connectivity index (χ4v) is 2.99. The highest BCUT2D eigenvalue weighted by molar-refractivity contribution is 5.83. The predicted molar refractivity (Wildman–Crippen MR) is 65.1 cm³/mol. The Bertz CT molecular complexity index is 267. The molecule has 0 saturated carbocycles. The molecule has 2 saturated heterocycles. The number of nitrogens with zero attached hydrogens (tertiary/aromatic N) is 1. The summed E-state index contributed by atoms with van der Waals surface area (Å²) in [5.41, 5.74) is 0. The molecule has 1 N–H and O–H groups in total. The zero-order chi connectivity index (χ0) is 11.7. The van der Waals surface area contributed by atoms with Gasteiger partial charge in [0.25, 0.3) is 0 Å². The average Bonchev–Trinajstić information content (AvgIpc) is 2.68. The molecule has 2 aliphatic rings. The van der Waals surface area contributed by atoms with Crippen LogP contribution in [0, 0.1) is 11.8 Å². The number of amides is 1. The van der Waals surface area contributed by atoms with Crippen molar-refractivity contribution in [2.24, 2.45) is 11.8 Å². The van der Waals surface area contributed by atoms with E-state index < -0.39 is 0 Å². The van der Waals surface area contributed by atoms with Crippen LogP contribution in [0.4, 0.5) is 0 Å². The van der Waals surface area contributed by atoms with Crippen LogP contribution in [-0.2, 0) is 4.79 Å². The molecule has 4 atom stereocenters. The molecule has 1 amide bonds. The van der Waals surface area contributed by atoms with E-state index in [2.05, 4.69) is 31.0 Å². The molecule has 4 unspecified atom stereocenters. The normalized spacial score (nSPS) is 40.1. The Balaban J connectivity index is 2.03. The Labute approximate surface area is 98.6 Å². The summed E-state index contributed by atoms with van der Waals surface area (Å²) in [6.45, 7) is 8.59. The summed E-state index contributed by atoms with van der Waals surface area (Å²) in [5, 5.41) is 3.35. The van der Waals surface area contributed by atoms with E-state index in [4.69, 9.17) is 0 Å². The van der Waals surface area contributed by atoms with E-state index in [0.29, 0.717) is 23.8 Å². The highest BCUT2D eigenvalue weighted by atomic mass is 16.2. The fraction of sp³-hybridized carbons (Fsp3) is 0.923. The van der Waals surface area contributed by atoms with Crippen molar-refractivity contribution in [2.75, 3.05) is 13.1 Å². The molecule has 0 bridgehead atoms. The first-order chi connectivity index (χ1) is 7.61. The maximum absolute atomic E-state index is 12.4. The lowest BCUT2D eigenvalue weighted by Gasteiger charge is -2.39. The van der Waals surface area contributed by atoms with Crippen molar-refractivity contribution in [3.63, 3.8) is 0 Å². The largest absolute Gasteiger partial charge is 0.338 e. The Morgan fingerprint density at radius 2 is 1.94 bits per heavy atom. The highest BCUT2D eigenvalue weighted by Crippen LogP contribution is 2.25. The van der Waals surface area contributed by atoms with Gasteiger partial charge in [-0.1, -0.05) is 13.8 Å². The van der Waals surface area contributed by atoms with Gasteiger partial charge in [0.05, 0.1) is 6.04 Å². The van der Waals surface area contributed by atoms with Crippen molar-refractivity contribution >= 4 is 5.91 Å². The maximum Gasteiger partial charge on any atom is 0.240 e. The monoisotopic (exact) mass is 224 g/mol. The van der Waals surface area contributed by atoms with Gasteiger partial charge in [-0.3, -0.25) is 4.79 Å². The second kappa shape index (κ2) is 4.74. The van der Waals surface area contributed by atoms with Crippen molar-refractivity contribution < 1.29 is 4.79 Å². The van der Waals surface area contributed by atoms with Crippen LogP contribution in [0.5, 0.6) is 0 Å². The van der Waals surface area contributed by atoms with E-state index in [1.165, 1.54) is 12.8 Å². The molecule has 2 heterocycles. The minimum absolute atomic E-state index is 0.0766. The van der Waals surface area contributed by atoms with Crippen LogP contribution in [0.3, 0.4) is 0 Å². The molecule has 2 aliphatic heterocycles. The van der Waals surface area contributed by atoms with Gasteiger partial charge < -0.3 is 10.2 Å². The third-order valence-corrected chi connectivity index (χ3v) is 4.46. The first kappa shape index (κ1) is 11.9. The summed E-state index contributed by atoms with van der Waals surface area (Å²) in [4.78, 5) is 14.5. The summed E-state index contributed by atoms with van der Waals surface area (Å²) in [7, 11) is 0. The quantitative estimate of drug-likeness (QED) is 0.734. The molecule has 0 radical (unpaired) electrons. The summed E-state index contributed by atoms with van der Waals surface area (Å²) in [6, 6.07) is 0.489. The first-order valence-corrected chi connectivity index (χ1v) is 6.65. The van der Waals surface area contributed by atoms with Crippen molar-refractivity contribution in [1.29, 1.82) is 0 Å². The minimum atomic E-state index is 0.0766. The van der Waals surface area contributed by atoms with Crippen LogP contribution in [-0.4, -0.2) is 36.0 Å². The lowest BCUT2D eigenvalue weighted by molar-refractivity contribution is -0.138. The predicted octanol–water partition coefficient (Wildman–Crippen LogP) is 1.63. The summed E-state index contributed by atoms with van der Waals surface area (Å²) >= 11 is 0. The van der Waals surface area contributed by atoms with Gasteiger partial charge in [0.1, 0.15) is 0 Å². The van der Waals surface area contributed by atoms with Crippen molar-refractivity contribution in [2.45, 2.75) is 52.1 Å². The third kappa shape index (κ3) is 2.10. The smallest absolute Gasteiger partial charge is 0.240 e. The van der Waals surface area contributed by atoms with Crippen LogP contribution in [0.25, 0.3) is 0 Å². The van der Waals surface area contributed by atoms with Gasteiger partial charge >= 0.3 is 0 Å². The zero-order valence-electron chi connectivity index (χ0n) is 10.7. The van der Waals surface area contributed by atoms with Crippen LogP contribution in [0.15, 0.2) is 0 Å². The number of hydrogen-bond acceptors (Lipinski definition) is 2. The van der Waals surface area contributed by atoms with E-state index in [1.807, 2.05) is 0 Å². The molecule has 0 aromatic rings. The highest BCUT2D eigenvalue weighted by Gasteiger charge is 2.36. The number of piperidine rings is 1. The number of carbonyl (C=O) groups is 1. The molecular formula is C13H24N2O. The molecule has 92 valence electrons. The van der Waals surface area contributed by atoms with Crippen molar-refractivity contribution in [3.05, 3.63) is 0 Å². The lowest BCUT2D eigenvalue weighted by atomic mass is 9.90. The van der Waals surface area contributed by atoms with Crippen LogP contribution in [0.1, 0.15) is 40.0 Å². The summed E-state index contributed by atoms with van der Waals surface area (Å²) < 4.78 is 0. The van der Waals surface area contributed by atoms with Gasteiger partial charge in [-0.15, -0.1) is 0 Å². The number of likely N-dealkylation sites (tertiary alicyclic amines) is 1. The number of carbonyl (C=O) groups excluding carboxylic acids is 1. The third-order valence-electron chi connectivity index (χ3n) is 4.46. The van der Waals surface area contributed by atoms with Gasteiger partial charge in [0.15, 0.2) is 0 Å². The first-order valence-electron chi connectivity index (χ1n) is 6.65. The molecule has 0 aromatic heterocycles. The molecule has 0 spiro atoms. The second-order valence-electron chi connectivity index (χ2n) is 5.59. The van der Waals surface area contributed by atoms with Gasteiger partial charge in [-0.05, 0) is 44.6 Å². The van der Waals surface area contributed by atoms with Crippen LogP contribution in [0.2, 0.25) is 0 Å². The van der Waals surface area contributed by atoms with Crippen molar-refractivity contribution in [1.82, 2.24) is 10.2 Å². The Hall–Kier alpha value is -0.570. The van der Waals surface area contributed by atoms with Gasteiger partial charge in [-0.2, -0.15) is 0 Å². The number of hydrogen-bond donors (Lipinski definition) is 1. The molecule has 3 heteroatoms. The van der Waals surface area contributed by atoms with Gasteiger partial charge in [0.2, 0.25) is 5.91 Å². The molecule has 2 fully saturated rings. The second-order valence-corrected chi connectivity index (χ2v) is 5.59. The zero-order valence-corrected chi connectivity index (χ0v) is 10.7. The Morgan fingerprint density at radius 1 is 1.19 bits per heavy atom.